The molecule has 0 fully saturated rings. The fourth-order valence-electron chi connectivity index (χ4n) is 1.95. The lowest BCUT2D eigenvalue weighted by atomic mass is 10.1. The van der Waals surface area contributed by atoms with Crippen LogP contribution in [0.15, 0.2) is 42.5 Å². The first-order valence-electron chi connectivity index (χ1n) is 7.40. The summed E-state index contributed by atoms with van der Waals surface area (Å²) in [6.45, 7) is 3.62. The number of nitro groups is 1. The molecule has 0 unspecified atom stereocenters. The van der Waals surface area contributed by atoms with E-state index in [2.05, 4.69) is 10.9 Å². The fourth-order valence-corrected chi connectivity index (χ4v) is 1.95. The second kappa shape index (κ2) is 7.91. The van der Waals surface area contributed by atoms with Gasteiger partial charge in [0.15, 0.2) is 6.61 Å². The molecule has 8 nitrogen and oxygen atoms in total. The summed E-state index contributed by atoms with van der Waals surface area (Å²) in [7, 11) is 0. The van der Waals surface area contributed by atoms with Gasteiger partial charge < -0.3 is 4.74 Å². The molecule has 8 heteroatoms. The summed E-state index contributed by atoms with van der Waals surface area (Å²) in [5.41, 5.74) is 6.37. The van der Waals surface area contributed by atoms with Gasteiger partial charge in [-0.1, -0.05) is 12.1 Å². The van der Waals surface area contributed by atoms with Crippen LogP contribution in [0.4, 0.5) is 5.69 Å². The Hall–Kier alpha value is -3.42. The van der Waals surface area contributed by atoms with Crippen LogP contribution in [0.2, 0.25) is 0 Å². The second-order valence-corrected chi connectivity index (χ2v) is 5.34. The molecule has 2 amide bonds. The number of nitrogens with zero attached hydrogens (tertiary/aromatic N) is 1. The number of nitrogens with one attached hydrogen (secondary N) is 2. The summed E-state index contributed by atoms with van der Waals surface area (Å²) in [5, 5.41) is 10.7. The van der Waals surface area contributed by atoms with E-state index in [9.17, 15) is 19.7 Å². The third-order valence-corrected chi connectivity index (χ3v) is 3.48. The van der Waals surface area contributed by atoms with E-state index < -0.39 is 16.7 Å². The number of carbonyl (C=O) groups is 2. The first-order chi connectivity index (χ1) is 11.9. The van der Waals surface area contributed by atoms with Gasteiger partial charge >= 0.3 is 0 Å². The Kier molecular flexibility index (Phi) is 5.67. The van der Waals surface area contributed by atoms with Gasteiger partial charge in [0.05, 0.1) is 4.92 Å². The molecule has 0 saturated heterocycles. The average molecular weight is 343 g/mol. The van der Waals surface area contributed by atoms with Crippen molar-refractivity contribution in [2.75, 3.05) is 6.61 Å². The molecule has 0 radical (unpaired) electrons. The van der Waals surface area contributed by atoms with Gasteiger partial charge in [0.25, 0.3) is 17.5 Å². The minimum Gasteiger partial charge on any atom is -0.484 e. The van der Waals surface area contributed by atoms with Crippen molar-refractivity contribution >= 4 is 17.5 Å². The molecule has 130 valence electrons. The van der Waals surface area contributed by atoms with Gasteiger partial charge in [0.2, 0.25) is 0 Å². The number of nitro benzene ring substituents is 1. The van der Waals surface area contributed by atoms with Crippen molar-refractivity contribution in [2.24, 2.45) is 0 Å². The van der Waals surface area contributed by atoms with Crippen molar-refractivity contribution in [3.63, 3.8) is 0 Å². The number of carbonyl (C=O) groups excluding carboxylic acids is 2. The van der Waals surface area contributed by atoms with E-state index in [0.29, 0.717) is 5.75 Å². The van der Waals surface area contributed by atoms with Gasteiger partial charge in [-0.05, 0) is 43.2 Å². The number of non-ortho nitro benzene ring substituents is 1. The topological polar surface area (TPSA) is 111 Å². The SMILES string of the molecule is Cc1ccc(OCC(=O)NNC(=O)c2cccc([N+](=O)[O-])c2)cc1C. The lowest BCUT2D eigenvalue weighted by molar-refractivity contribution is -0.384. The van der Waals surface area contributed by atoms with Crippen molar-refractivity contribution in [3.05, 3.63) is 69.3 Å². The molecule has 0 aliphatic rings. The minimum atomic E-state index is -0.664. The highest BCUT2D eigenvalue weighted by Gasteiger charge is 2.12. The van der Waals surface area contributed by atoms with E-state index >= 15 is 0 Å². The summed E-state index contributed by atoms with van der Waals surface area (Å²) in [6, 6.07) is 10.6. The number of rotatable bonds is 5. The molecule has 0 atom stereocenters. The van der Waals surface area contributed by atoms with E-state index in [1.54, 1.807) is 6.07 Å². The maximum atomic E-state index is 11.9. The number of hydrazine groups is 1. The van der Waals surface area contributed by atoms with Crippen LogP contribution in [0.25, 0.3) is 0 Å². The number of benzene rings is 2. The molecule has 0 aromatic heterocycles. The molecule has 0 heterocycles. The molecule has 0 saturated carbocycles. The van der Waals surface area contributed by atoms with E-state index in [-0.39, 0.29) is 17.9 Å². The quantitative estimate of drug-likeness (QED) is 0.638. The van der Waals surface area contributed by atoms with Gasteiger partial charge in [-0.25, -0.2) is 0 Å². The Morgan fingerprint density at radius 1 is 1.08 bits per heavy atom. The zero-order chi connectivity index (χ0) is 18.4. The number of amides is 2. The summed E-state index contributed by atoms with van der Waals surface area (Å²) in [5.74, 6) is -0.677. The van der Waals surface area contributed by atoms with E-state index in [1.165, 1.54) is 18.2 Å². The van der Waals surface area contributed by atoms with Crippen LogP contribution in [0.3, 0.4) is 0 Å². The maximum Gasteiger partial charge on any atom is 0.276 e. The maximum absolute atomic E-state index is 11.9. The number of ether oxygens (including phenoxy) is 1. The summed E-state index contributed by atoms with van der Waals surface area (Å²) >= 11 is 0. The summed E-state index contributed by atoms with van der Waals surface area (Å²) in [6.07, 6.45) is 0. The molecular formula is C17H17N3O5. The molecule has 0 spiro atoms. The van der Waals surface area contributed by atoms with Crippen LogP contribution in [0, 0.1) is 24.0 Å². The van der Waals surface area contributed by atoms with Crippen LogP contribution >= 0.6 is 0 Å². The highest BCUT2D eigenvalue weighted by molar-refractivity contribution is 5.96. The van der Waals surface area contributed by atoms with Gasteiger partial charge in [-0.3, -0.25) is 30.6 Å². The summed E-state index contributed by atoms with van der Waals surface area (Å²) < 4.78 is 5.34. The van der Waals surface area contributed by atoms with Crippen molar-refractivity contribution in [2.45, 2.75) is 13.8 Å². The number of hydrogen-bond acceptors (Lipinski definition) is 5. The minimum absolute atomic E-state index is 0.0598. The molecular weight excluding hydrogens is 326 g/mol. The molecule has 0 aliphatic carbocycles. The molecule has 2 aromatic rings. The Morgan fingerprint density at radius 3 is 2.52 bits per heavy atom. The highest BCUT2D eigenvalue weighted by atomic mass is 16.6. The van der Waals surface area contributed by atoms with E-state index in [0.717, 1.165) is 17.2 Å². The standard InChI is InChI=1S/C17H17N3O5/c1-11-6-7-15(8-12(11)2)25-10-16(21)18-19-17(22)13-4-3-5-14(9-13)20(23)24/h3-9H,10H2,1-2H3,(H,18,21)(H,19,22). The third-order valence-electron chi connectivity index (χ3n) is 3.48. The number of hydrogen-bond donors (Lipinski definition) is 2. The number of aryl methyl sites for hydroxylation is 2. The molecule has 0 bridgehead atoms. The highest BCUT2D eigenvalue weighted by Crippen LogP contribution is 2.16. The van der Waals surface area contributed by atoms with Gasteiger partial charge in [-0.2, -0.15) is 0 Å². The zero-order valence-electron chi connectivity index (χ0n) is 13.7. The average Bonchev–Trinajstić information content (AvgIpc) is 2.60. The van der Waals surface area contributed by atoms with Gasteiger partial charge in [0.1, 0.15) is 5.75 Å². The van der Waals surface area contributed by atoms with Crippen LogP contribution in [-0.2, 0) is 4.79 Å². The molecule has 2 N–H and O–H groups in total. The smallest absolute Gasteiger partial charge is 0.276 e. The second-order valence-electron chi connectivity index (χ2n) is 5.34. The third kappa shape index (κ3) is 5.03. The predicted octanol–water partition coefficient (Wildman–Crippen LogP) is 2.05. The van der Waals surface area contributed by atoms with E-state index in [1.807, 2.05) is 26.0 Å². The fraction of sp³-hybridized carbons (Fsp3) is 0.176. The van der Waals surface area contributed by atoms with Gasteiger partial charge in [-0.15, -0.1) is 0 Å². The molecule has 2 rings (SSSR count). The Balaban J connectivity index is 1.85. The molecule has 25 heavy (non-hydrogen) atoms. The van der Waals surface area contributed by atoms with E-state index in [4.69, 9.17) is 4.74 Å². The lowest BCUT2D eigenvalue weighted by Gasteiger charge is -2.10. The van der Waals surface area contributed by atoms with Crippen molar-refractivity contribution in [3.8, 4) is 5.75 Å². The van der Waals surface area contributed by atoms with Crippen molar-refractivity contribution in [1.82, 2.24) is 10.9 Å². The Bertz CT molecular complexity index is 820. The Morgan fingerprint density at radius 2 is 1.84 bits per heavy atom. The van der Waals surface area contributed by atoms with Gasteiger partial charge in [0, 0.05) is 17.7 Å². The van der Waals surface area contributed by atoms with Crippen LogP contribution in [-0.4, -0.2) is 23.3 Å². The normalized spacial score (nSPS) is 10.0. The molecule has 2 aromatic carbocycles. The van der Waals surface area contributed by atoms with Crippen LogP contribution < -0.4 is 15.6 Å². The predicted molar refractivity (Wildman–Crippen MR) is 90.1 cm³/mol. The van der Waals surface area contributed by atoms with Crippen LogP contribution in [0.5, 0.6) is 5.75 Å². The monoisotopic (exact) mass is 343 g/mol. The largest absolute Gasteiger partial charge is 0.484 e. The first-order valence-corrected chi connectivity index (χ1v) is 7.40. The molecule has 0 aliphatic heterocycles. The van der Waals surface area contributed by atoms with Crippen LogP contribution in [0.1, 0.15) is 21.5 Å². The lowest BCUT2D eigenvalue weighted by Crippen LogP contribution is -2.43. The first kappa shape index (κ1) is 17.9. The zero-order valence-corrected chi connectivity index (χ0v) is 13.7. The summed E-state index contributed by atoms with van der Waals surface area (Å²) in [4.78, 5) is 33.7. The van der Waals surface area contributed by atoms with Crippen molar-refractivity contribution in [1.29, 1.82) is 0 Å². The van der Waals surface area contributed by atoms with Crippen molar-refractivity contribution < 1.29 is 19.2 Å². The Labute approximate surface area is 143 Å².